The number of amides is 1. The van der Waals surface area contributed by atoms with Gasteiger partial charge in [-0.3, -0.25) is 4.79 Å². The number of rotatable bonds is 4. The summed E-state index contributed by atoms with van der Waals surface area (Å²) in [6, 6.07) is 7.32. The van der Waals surface area contributed by atoms with Gasteiger partial charge in [-0.15, -0.1) is 0 Å². The van der Waals surface area contributed by atoms with Crippen LogP contribution in [0.5, 0.6) is 0 Å². The summed E-state index contributed by atoms with van der Waals surface area (Å²) in [7, 11) is 0. The van der Waals surface area contributed by atoms with Crippen molar-refractivity contribution in [1.29, 1.82) is 0 Å². The molecule has 5 heteroatoms. The summed E-state index contributed by atoms with van der Waals surface area (Å²) in [5.74, 6) is -1.58. The lowest BCUT2D eigenvalue weighted by Gasteiger charge is -2.14. The molecule has 0 saturated carbocycles. The van der Waals surface area contributed by atoms with Crippen LogP contribution in [0, 0.1) is 0 Å². The Morgan fingerprint density at radius 2 is 2.00 bits per heavy atom. The quantitative estimate of drug-likeness (QED) is 0.838. The molecule has 0 spiro atoms. The van der Waals surface area contributed by atoms with E-state index in [1.54, 1.807) is 0 Å². The Labute approximate surface area is 107 Å². The highest BCUT2D eigenvalue weighted by Gasteiger charge is 2.10. The molecule has 1 aromatic rings. The van der Waals surface area contributed by atoms with Crippen LogP contribution >= 0.6 is 15.9 Å². The second-order valence-corrected chi connectivity index (χ2v) is 4.28. The van der Waals surface area contributed by atoms with Gasteiger partial charge in [-0.05, 0) is 18.6 Å². The summed E-state index contributed by atoms with van der Waals surface area (Å²) >= 11 is 3.39. The van der Waals surface area contributed by atoms with Crippen molar-refractivity contribution in [1.82, 2.24) is 5.32 Å². The number of hydrogen-bond donors (Lipinski definition) is 2. The van der Waals surface area contributed by atoms with E-state index in [1.165, 1.54) is 0 Å². The van der Waals surface area contributed by atoms with E-state index in [4.69, 9.17) is 5.11 Å². The van der Waals surface area contributed by atoms with Crippen LogP contribution in [0.2, 0.25) is 0 Å². The van der Waals surface area contributed by atoms with E-state index >= 15 is 0 Å². The summed E-state index contributed by atoms with van der Waals surface area (Å²) in [6.45, 7) is 1.83. The van der Waals surface area contributed by atoms with E-state index in [-0.39, 0.29) is 6.04 Å². The number of carboxylic acids is 1. The van der Waals surface area contributed by atoms with Crippen LogP contribution in [-0.2, 0) is 9.59 Å². The molecule has 90 valence electrons. The highest BCUT2D eigenvalue weighted by molar-refractivity contribution is 9.10. The van der Waals surface area contributed by atoms with Crippen LogP contribution in [0.15, 0.2) is 40.9 Å². The van der Waals surface area contributed by atoms with E-state index < -0.39 is 11.9 Å². The maximum absolute atomic E-state index is 11.4. The first-order chi connectivity index (χ1) is 8.00. The van der Waals surface area contributed by atoms with Gasteiger partial charge in [-0.2, -0.15) is 0 Å². The van der Waals surface area contributed by atoms with Crippen LogP contribution in [0.25, 0.3) is 0 Å². The number of halogens is 1. The zero-order chi connectivity index (χ0) is 12.8. The first kappa shape index (κ1) is 13.4. The molecule has 17 heavy (non-hydrogen) atoms. The van der Waals surface area contributed by atoms with Crippen LogP contribution in [0.3, 0.4) is 0 Å². The van der Waals surface area contributed by atoms with Gasteiger partial charge < -0.3 is 10.4 Å². The zero-order valence-corrected chi connectivity index (χ0v) is 10.8. The van der Waals surface area contributed by atoms with Crippen molar-refractivity contribution in [3.05, 3.63) is 46.5 Å². The SMILES string of the molecule is CC(NC(=O)/C=C/C(=O)O)c1ccccc1Br. The van der Waals surface area contributed by atoms with Crippen LogP contribution < -0.4 is 5.32 Å². The van der Waals surface area contributed by atoms with Crippen molar-refractivity contribution in [2.45, 2.75) is 13.0 Å². The molecular weight excluding hydrogens is 286 g/mol. The lowest BCUT2D eigenvalue weighted by Crippen LogP contribution is -2.25. The Kier molecular flexibility index (Phi) is 4.90. The van der Waals surface area contributed by atoms with Crippen LogP contribution in [0.4, 0.5) is 0 Å². The van der Waals surface area contributed by atoms with Gasteiger partial charge in [0.1, 0.15) is 0 Å². The van der Waals surface area contributed by atoms with Gasteiger partial charge >= 0.3 is 5.97 Å². The first-order valence-electron chi connectivity index (χ1n) is 4.96. The van der Waals surface area contributed by atoms with E-state index in [0.717, 1.165) is 22.2 Å². The predicted molar refractivity (Wildman–Crippen MR) is 67.5 cm³/mol. The summed E-state index contributed by atoms with van der Waals surface area (Å²) in [6.07, 6.45) is 1.80. The smallest absolute Gasteiger partial charge is 0.328 e. The second-order valence-electron chi connectivity index (χ2n) is 3.42. The molecule has 1 rings (SSSR count). The zero-order valence-electron chi connectivity index (χ0n) is 9.18. The van der Waals surface area contributed by atoms with Crippen LogP contribution in [0.1, 0.15) is 18.5 Å². The minimum atomic E-state index is -1.14. The molecule has 2 N–H and O–H groups in total. The largest absolute Gasteiger partial charge is 0.478 e. The summed E-state index contributed by atoms with van der Waals surface area (Å²) in [4.78, 5) is 21.6. The van der Waals surface area contributed by atoms with Crippen molar-refractivity contribution < 1.29 is 14.7 Å². The van der Waals surface area contributed by atoms with Crippen molar-refractivity contribution in [2.24, 2.45) is 0 Å². The van der Waals surface area contributed by atoms with Crippen LogP contribution in [-0.4, -0.2) is 17.0 Å². The Morgan fingerprint density at radius 3 is 2.59 bits per heavy atom. The molecule has 4 nitrogen and oxygen atoms in total. The maximum Gasteiger partial charge on any atom is 0.328 e. The average Bonchev–Trinajstić information content (AvgIpc) is 2.26. The molecule has 1 amide bonds. The first-order valence-corrected chi connectivity index (χ1v) is 5.76. The number of benzene rings is 1. The van der Waals surface area contributed by atoms with Gasteiger partial charge in [-0.1, -0.05) is 34.1 Å². The fraction of sp³-hybridized carbons (Fsp3) is 0.167. The molecule has 0 aliphatic heterocycles. The molecule has 0 aliphatic carbocycles. The van der Waals surface area contributed by atoms with Gasteiger partial charge in [0.15, 0.2) is 0 Å². The fourth-order valence-corrected chi connectivity index (χ4v) is 1.94. The Balaban J connectivity index is 2.67. The summed E-state index contributed by atoms with van der Waals surface area (Å²) in [5, 5.41) is 11.1. The van der Waals surface area contributed by atoms with E-state index in [1.807, 2.05) is 31.2 Å². The van der Waals surface area contributed by atoms with E-state index in [9.17, 15) is 9.59 Å². The molecule has 0 bridgehead atoms. The second kappa shape index (κ2) is 6.20. The third kappa shape index (κ3) is 4.40. The monoisotopic (exact) mass is 297 g/mol. The molecule has 1 unspecified atom stereocenters. The number of carbonyl (C=O) groups is 2. The number of hydrogen-bond acceptors (Lipinski definition) is 2. The standard InChI is InChI=1S/C12H12BrNO3/c1-8(9-4-2-3-5-10(9)13)14-11(15)6-7-12(16)17/h2-8H,1H3,(H,14,15)(H,16,17)/b7-6+. The lowest BCUT2D eigenvalue weighted by atomic mass is 10.1. The third-order valence-corrected chi connectivity index (χ3v) is 2.83. The fourth-order valence-electron chi connectivity index (χ4n) is 1.31. The molecule has 0 fully saturated rings. The Hall–Kier alpha value is -1.62. The van der Waals surface area contributed by atoms with Crippen molar-refractivity contribution >= 4 is 27.8 Å². The molecule has 0 aromatic heterocycles. The van der Waals surface area contributed by atoms with Gasteiger partial charge in [-0.25, -0.2) is 4.79 Å². The van der Waals surface area contributed by atoms with Crippen molar-refractivity contribution in [3.8, 4) is 0 Å². The molecule has 0 saturated heterocycles. The van der Waals surface area contributed by atoms with Crippen molar-refractivity contribution in [3.63, 3.8) is 0 Å². The molecule has 0 aliphatic rings. The normalized spacial score (nSPS) is 12.4. The predicted octanol–water partition coefficient (Wildman–Crippen LogP) is 2.27. The number of carbonyl (C=O) groups excluding carboxylic acids is 1. The highest BCUT2D eigenvalue weighted by atomic mass is 79.9. The van der Waals surface area contributed by atoms with Gasteiger partial charge in [0.2, 0.25) is 5.91 Å². The summed E-state index contributed by atoms with van der Waals surface area (Å²) < 4.78 is 0.898. The molecular formula is C12H12BrNO3. The molecule has 0 radical (unpaired) electrons. The average molecular weight is 298 g/mol. The number of carboxylic acid groups (broad SMARTS) is 1. The minimum Gasteiger partial charge on any atom is -0.478 e. The molecule has 0 heterocycles. The summed E-state index contributed by atoms with van der Waals surface area (Å²) in [5.41, 5.74) is 0.935. The van der Waals surface area contributed by atoms with Gasteiger partial charge in [0.25, 0.3) is 0 Å². The topological polar surface area (TPSA) is 66.4 Å². The molecule has 1 atom stereocenters. The number of aliphatic carboxylic acids is 1. The van der Waals surface area contributed by atoms with Crippen molar-refractivity contribution in [2.75, 3.05) is 0 Å². The lowest BCUT2D eigenvalue weighted by molar-refractivity contribution is -0.131. The number of nitrogens with one attached hydrogen (secondary N) is 1. The third-order valence-electron chi connectivity index (χ3n) is 2.11. The minimum absolute atomic E-state index is 0.198. The van der Waals surface area contributed by atoms with E-state index in [0.29, 0.717) is 0 Å². The Bertz CT molecular complexity index is 457. The van der Waals surface area contributed by atoms with Gasteiger partial charge in [0, 0.05) is 16.6 Å². The Morgan fingerprint density at radius 1 is 1.35 bits per heavy atom. The highest BCUT2D eigenvalue weighted by Crippen LogP contribution is 2.22. The van der Waals surface area contributed by atoms with E-state index in [2.05, 4.69) is 21.2 Å². The molecule has 1 aromatic carbocycles. The van der Waals surface area contributed by atoms with Gasteiger partial charge in [0.05, 0.1) is 6.04 Å². The maximum atomic E-state index is 11.4.